The summed E-state index contributed by atoms with van der Waals surface area (Å²) in [7, 11) is 0. The fourth-order valence-corrected chi connectivity index (χ4v) is 1.72. The molecular weight excluding hydrogens is 282 g/mol. The molecule has 1 aromatic heterocycles. The zero-order valence-corrected chi connectivity index (χ0v) is 11.5. The summed E-state index contributed by atoms with van der Waals surface area (Å²) >= 11 is 3.36. The standard InChI is InChI=1S/C12H16BrN3O/c1-4-6-15(7-5-2)12(17)9-16-8-11(13)10(3)14-16/h4-5,8H,1-2,6-7,9H2,3H3. The predicted octanol–water partition coefficient (Wildman–Crippen LogP) is 2.15. The van der Waals surface area contributed by atoms with E-state index in [1.165, 1.54) is 0 Å². The van der Waals surface area contributed by atoms with Gasteiger partial charge in [0.15, 0.2) is 0 Å². The SMILES string of the molecule is C=CCN(CC=C)C(=O)Cn1cc(Br)c(C)n1. The molecule has 1 rings (SSSR count). The van der Waals surface area contributed by atoms with Crippen LogP contribution in [0.4, 0.5) is 0 Å². The van der Waals surface area contributed by atoms with Crippen LogP contribution in [0.15, 0.2) is 36.0 Å². The summed E-state index contributed by atoms with van der Waals surface area (Å²) in [5.41, 5.74) is 0.872. The molecule has 17 heavy (non-hydrogen) atoms. The lowest BCUT2D eigenvalue weighted by Gasteiger charge is -2.19. The van der Waals surface area contributed by atoms with Crippen molar-refractivity contribution in [2.45, 2.75) is 13.5 Å². The van der Waals surface area contributed by atoms with Crippen molar-refractivity contribution in [2.24, 2.45) is 0 Å². The Hall–Kier alpha value is -1.36. The molecule has 0 aliphatic heterocycles. The fraction of sp³-hybridized carbons (Fsp3) is 0.333. The first-order valence-corrected chi connectivity index (χ1v) is 6.07. The summed E-state index contributed by atoms with van der Waals surface area (Å²) in [6.45, 7) is 10.4. The molecule has 0 unspecified atom stereocenters. The number of carbonyl (C=O) groups is 1. The van der Waals surface area contributed by atoms with E-state index in [9.17, 15) is 4.79 Å². The summed E-state index contributed by atoms with van der Waals surface area (Å²) in [6, 6.07) is 0. The van der Waals surface area contributed by atoms with Gasteiger partial charge in [0.25, 0.3) is 0 Å². The van der Waals surface area contributed by atoms with Crippen molar-refractivity contribution in [2.75, 3.05) is 13.1 Å². The molecule has 0 aliphatic rings. The van der Waals surface area contributed by atoms with Gasteiger partial charge in [-0.3, -0.25) is 9.48 Å². The summed E-state index contributed by atoms with van der Waals surface area (Å²) in [5.74, 6) is -0.000185. The second kappa shape index (κ2) is 6.39. The lowest BCUT2D eigenvalue weighted by molar-refractivity contribution is -0.131. The number of halogens is 1. The molecule has 5 heteroatoms. The summed E-state index contributed by atoms with van der Waals surface area (Å²) in [6.07, 6.45) is 5.20. The van der Waals surface area contributed by atoms with Crippen LogP contribution in [0.3, 0.4) is 0 Å². The number of amides is 1. The van der Waals surface area contributed by atoms with Gasteiger partial charge in [-0.15, -0.1) is 13.2 Å². The zero-order valence-electron chi connectivity index (χ0n) is 9.90. The molecule has 1 heterocycles. The van der Waals surface area contributed by atoms with Gasteiger partial charge in [-0.2, -0.15) is 5.10 Å². The van der Waals surface area contributed by atoms with E-state index in [2.05, 4.69) is 34.2 Å². The average Bonchev–Trinajstić information content (AvgIpc) is 2.57. The highest BCUT2D eigenvalue weighted by Crippen LogP contribution is 2.13. The molecule has 0 aliphatic carbocycles. The van der Waals surface area contributed by atoms with Crippen LogP contribution in [0.2, 0.25) is 0 Å². The maximum absolute atomic E-state index is 12.0. The number of hydrogen-bond acceptors (Lipinski definition) is 2. The first kappa shape index (κ1) is 13.7. The van der Waals surface area contributed by atoms with E-state index in [0.717, 1.165) is 10.2 Å². The minimum absolute atomic E-state index is 0.000185. The molecule has 0 spiro atoms. The van der Waals surface area contributed by atoms with E-state index in [4.69, 9.17) is 0 Å². The monoisotopic (exact) mass is 297 g/mol. The van der Waals surface area contributed by atoms with Crippen LogP contribution in [0.1, 0.15) is 5.69 Å². The number of nitrogens with zero attached hydrogens (tertiary/aromatic N) is 3. The van der Waals surface area contributed by atoms with Gasteiger partial charge in [-0.1, -0.05) is 12.2 Å². The molecule has 0 atom stereocenters. The van der Waals surface area contributed by atoms with Gasteiger partial charge in [-0.25, -0.2) is 0 Å². The summed E-state index contributed by atoms with van der Waals surface area (Å²) in [5, 5.41) is 4.22. The molecule has 0 bridgehead atoms. The Morgan fingerprint density at radius 3 is 2.53 bits per heavy atom. The van der Waals surface area contributed by atoms with E-state index in [-0.39, 0.29) is 12.5 Å². The summed E-state index contributed by atoms with van der Waals surface area (Å²) in [4.78, 5) is 13.6. The maximum Gasteiger partial charge on any atom is 0.244 e. The Morgan fingerprint density at radius 1 is 1.53 bits per heavy atom. The average molecular weight is 298 g/mol. The molecule has 0 radical (unpaired) electrons. The molecule has 0 fully saturated rings. The minimum atomic E-state index is -0.000185. The first-order valence-electron chi connectivity index (χ1n) is 5.27. The summed E-state index contributed by atoms with van der Waals surface area (Å²) < 4.78 is 2.53. The molecule has 1 aromatic rings. The van der Waals surface area contributed by atoms with Crippen LogP contribution in [0, 0.1) is 6.92 Å². The van der Waals surface area contributed by atoms with Gasteiger partial charge in [0.05, 0.1) is 10.2 Å². The Morgan fingerprint density at radius 2 is 2.12 bits per heavy atom. The smallest absolute Gasteiger partial charge is 0.244 e. The van der Waals surface area contributed by atoms with Gasteiger partial charge < -0.3 is 4.90 Å². The Balaban J connectivity index is 2.68. The molecule has 0 saturated heterocycles. The van der Waals surface area contributed by atoms with Crippen LogP contribution in [-0.2, 0) is 11.3 Å². The molecule has 4 nitrogen and oxygen atoms in total. The number of hydrogen-bond donors (Lipinski definition) is 0. The largest absolute Gasteiger partial charge is 0.334 e. The molecule has 0 saturated carbocycles. The third-order valence-electron chi connectivity index (χ3n) is 2.24. The molecule has 0 aromatic carbocycles. The highest BCUT2D eigenvalue weighted by Gasteiger charge is 2.12. The zero-order chi connectivity index (χ0) is 12.8. The number of aryl methyl sites for hydroxylation is 1. The van der Waals surface area contributed by atoms with Crippen molar-refractivity contribution >= 4 is 21.8 Å². The number of aromatic nitrogens is 2. The number of rotatable bonds is 6. The number of carbonyl (C=O) groups excluding carboxylic acids is 1. The van der Waals surface area contributed by atoms with E-state index in [1.807, 2.05) is 6.92 Å². The van der Waals surface area contributed by atoms with Crippen molar-refractivity contribution in [3.05, 3.63) is 41.7 Å². The van der Waals surface area contributed by atoms with E-state index in [1.54, 1.807) is 27.9 Å². The highest BCUT2D eigenvalue weighted by molar-refractivity contribution is 9.10. The van der Waals surface area contributed by atoms with Gasteiger partial charge in [0.2, 0.25) is 5.91 Å². The van der Waals surface area contributed by atoms with Crippen molar-refractivity contribution in [3.8, 4) is 0 Å². The van der Waals surface area contributed by atoms with Gasteiger partial charge >= 0.3 is 0 Å². The lowest BCUT2D eigenvalue weighted by Crippen LogP contribution is -2.34. The lowest BCUT2D eigenvalue weighted by atomic mass is 10.4. The molecular formula is C12H16BrN3O. The third kappa shape index (κ3) is 3.85. The molecule has 0 N–H and O–H groups in total. The second-order valence-electron chi connectivity index (χ2n) is 3.64. The highest BCUT2D eigenvalue weighted by atomic mass is 79.9. The molecule has 92 valence electrons. The Kier molecular flexibility index (Phi) is 5.15. The third-order valence-corrected chi connectivity index (χ3v) is 3.01. The van der Waals surface area contributed by atoms with Crippen LogP contribution in [-0.4, -0.2) is 33.7 Å². The quantitative estimate of drug-likeness (QED) is 0.755. The van der Waals surface area contributed by atoms with Crippen molar-refractivity contribution in [1.29, 1.82) is 0 Å². The Bertz CT molecular complexity index is 396. The van der Waals surface area contributed by atoms with Crippen molar-refractivity contribution < 1.29 is 4.79 Å². The van der Waals surface area contributed by atoms with Crippen LogP contribution < -0.4 is 0 Å². The van der Waals surface area contributed by atoms with E-state index in [0.29, 0.717) is 13.1 Å². The van der Waals surface area contributed by atoms with Gasteiger partial charge in [0.1, 0.15) is 6.54 Å². The van der Waals surface area contributed by atoms with Crippen molar-refractivity contribution in [3.63, 3.8) is 0 Å². The van der Waals surface area contributed by atoms with Gasteiger partial charge in [0, 0.05) is 19.3 Å². The van der Waals surface area contributed by atoms with E-state index >= 15 is 0 Å². The van der Waals surface area contributed by atoms with E-state index < -0.39 is 0 Å². The van der Waals surface area contributed by atoms with Crippen LogP contribution >= 0.6 is 15.9 Å². The van der Waals surface area contributed by atoms with Crippen LogP contribution in [0.5, 0.6) is 0 Å². The normalized spacial score (nSPS) is 10.0. The topological polar surface area (TPSA) is 38.1 Å². The van der Waals surface area contributed by atoms with Crippen molar-refractivity contribution in [1.82, 2.24) is 14.7 Å². The predicted molar refractivity (Wildman–Crippen MR) is 71.6 cm³/mol. The molecule has 1 amide bonds. The van der Waals surface area contributed by atoms with Crippen LogP contribution in [0.25, 0.3) is 0 Å². The fourth-order valence-electron chi connectivity index (χ4n) is 1.40. The first-order chi connectivity index (χ1) is 8.08. The van der Waals surface area contributed by atoms with Gasteiger partial charge in [-0.05, 0) is 22.9 Å². The Labute approximate surface area is 110 Å². The second-order valence-corrected chi connectivity index (χ2v) is 4.49. The maximum atomic E-state index is 12.0. The minimum Gasteiger partial charge on any atom is -0.334 e.